The van der Waals surface area contributed by atoms with Crippen LogP contribution in [0.4, 0.5) is 5.13 Å². The predicted octanol–water partition coefficient (Wildman–Crippen LogP) is 3.56. The largest absolute Gasteiger partial charge is 0.356 e. The molecule has 0 saturated carbocycles. The molecule has 0 aliphatic rings. The van der Waals surface area contributed by atoms with Gasteiger partial charge < -0.3 is 9.88 Å². The van der Waals surface area contributed by atoms with Gasteiger partial charge in [0.05, 0.1) is 0 Å². The first-order valence-corrected chi connectivity index (χ1v) is 7.70. The molecular weight excluding hydrogens is 256 g/mol. The van der Waals surface area contributed by atoms with Gasteiger partial charge in [-0.1, -0.05) is 32.1 Å². The van der Waals surface area contributed by atoms with E-state index in [9.17, 15) is 0 Å². The van der Waals surface area contributed by atoms with Crippen molar-refractivity contribution >= 4 is 16.5 Å². The Morgan fingerprint density at radius 3 is 2.95 bits per heavy atom. The van der Waals surface area contributed by atoms with E-state index in [-0.39, 0.29) is 0 Å². The van der Waals surface area contributed by atoms with E-state index >= 15 is 0 Å². The number of aromatic nitrogens is 3. The second kappa shape index (κ2) is 6.70. The van der Waals surface area contributed by atoms with Gasteiger partial charge in [-0.25, -0.2) is 0 Å². The molecule has 0 radical (unpaired) electrons. The molecule has 4 nitrogen and oxygen atoms in total. The van der Waals surface area contributed by atoms with Crippen LogP contribution in [0.25, 0.3) is 0 Å². The molecule has 0 aliphatic carbocycles. The molecule has 19 heavy (non-hydrogen) atoms. The van der Waals surface area contributed by atoms with Crippen LogP contribution in [-0.4, -0.2) is 14.8 Å². The summed E-state index contributed by atoms with van der Waals surface area (Å²) in [5.74, 6) is 0.629. The lowest BCUT2D eigenvalue weighted by Gasteiger charge is -2.00. The highest BCUT2D eigenvalue weighted by Gasteiger charge is 2.06. The quantitative estimate of drug-likeness (QED) is 0.842. The molecule has 1 N–H and O–H groups in total. The Kier molecular flexibility index (Phi) is 4.96. The zero-order valence-corrected chi connectivity index (χ0v) is 12.7. The summed E-state index contributed by atoms with van der Waals surface area (Å²) in [7, 11) is 0. The van der Waals surface area contributed by atoms with Gasteiger partial charge in [0.25, 0.3) is 0 Å². The van der Waals surface area contributed by atoms with E-state index in [4.69, 9.17) is 0 Å². The van der Waals surface area contributed by atoms with Gasteiger partial charge in [0.15, 0.2) is 0 Å². The molecule has 0 spiro atoms. The monoisotopic (exact) mass is 278 g/mol. The summed E-state index contributed by atoms with van der Waals surface area (Å²) < 4.78 is 2.22. The summed E-state index contributed by atoms with van der Waals surface area (Å²) in [5.41, 5.74) is 1.29. The van der Waals surface area contributed by atoms with Crippen LogP contribution in [-0.2, 0) is 19.5 Å². The summed E-state index contributed by atoms with van der Waals surface area (Å²) in [6, 6.07) is 2.15. The zero-order chi connectivity index (χ0) is 13.7. The highest BCUT2D eigenvalue weighted by molar-refractivity contribution is 7.15. The maximum atomic E-state index is 4.20. The maximum Gasteiger partial charge on any atom is 0.205 e. The fraction of sp³-hybridized carbons (Fsp3) is 0.571. The minimum absolute atomic E-state index is 0.629. The van der Waals surface area contributed by atoms with Crippen LogP contribution >= 0.6 is 11.3 Å². The maximum absolute atomic E-state index is 4.20. The van der Waals surface area contributed by atoms with Crippen molar-refractivity contribution in [3.05, 3.63) is 29.0 Å². The third-order valence-electron chi connectivity index (χ3n) is 2.79. The fourth-order valence-electron chi connectivity index (χ4n) is 1.93. The number of hydrogen-bond donors (Lipinski definition) is 1. The second-order valence-corrected chi connectivity index (χ2v) is 6.27. The van der Waals surface area contributed by atoms with Gasteiger partial charge in [-0.2, -0.15) is 0 Å². The van der Waals surface area contributed by atoms with E-state index < -0.39 is 0 Å². The SMILES string of the molecule is CCCn1ccc(CNc2nnc(CC(C)C)s2)c1. The topological polar surface area (TPSA) is 42.7 Å². The van der Waals surface area contributed by atoms with Crippen molar-refractivity contribution in [3.8, 4) is 0 Å². The van der Waals surface area contributed by atoms with Crippen molar-refractivity contribution in [3.63, 3.8) is 0 Å². The highest BCUT2D eigenvalue weighted by atomic mass is 32.1. The zero-order valence-electron chi connectivity index (χ0n) is 11.9. The van der Waals surface area contributed by atoms with Crippen molar-refractivity contribution in [1.82, 2.24) is 14.8 Å². The molecule has 0 aromatic carbocycles. The second-order valence-electron chi connectivity index (χ2n) is 5.21. The molecule has 0 saturated heterocycles. The van der Waals surface area contributed by atoms with Gasteiger partial charge in [-0.15, -0.1) is 10.2 Å². The van der Waals surface area contributed by atoms with Crippen molar-refractivity contribution in [2.75, 3.05) is 5.32 Å². The Hall–Kier alpha value is -1.36. The summed E-state index contributed by atoms with van der Waals surface area (Å²) in [6.07, 6.45) is 6.49. The number of hydrogen-bond acceptors (Lipinski definition) is 4. The van der Waals surface area contributed by atoms with Gasteiger partial charge in [0.2, 0.25) is 5.13 Å². The Labute approximate surface area is 118 Å². The molecule has 2 heterocycles. The molecule has 2 aromatic heterocycles. The molecule has 0 atom stereocenters. The van der Waals surface area contributed by atoms with Crippen LogP contribution in [0.3, 0.4) is 0 Å². The Bertz CT molecular complexity index is 501. The predicted molar refractivity (Wildman–Crippen MR) is 80.5 cm³/mol. The number of nitrogens with zero attached hydrogens (tertiary/aromatic N) is 3. The van der Waals surface area contributed by atoms with Crippen molar-refractivity contribution in [1.29, 1.82) is 0 Å². The molecule has 2 rings (SSSR count). The van der Waals surface area contributed by atoms with Crippen LogP contribution in [0, 0.1) is 5.92 Å². The number of aryl methyl sites for hydroxylation is 1. The van der Waals surface area contributed by atoms with E-state index in [1.54, 1.807) is 11.3 Å². The standard InChI is InChI=1S/C14H22N4S/c1-4-6-18-7-5-12(10-18)9-15-14-17-16-13(19-14)8-11(2)3/h5,7,10-11H,4,6,8-9H2,1-3H3,(H,15,17). The van der Waals surface area contributed by atoms with E-state index in [0.29, 0.717) is 5.92 Å². The first-order valence-electron chi connectivity index (χ1n) is 6.88. The van der Waals surface area contributed by atoms with Crippen LogP contribution in [0.5, 0.6) is 0 Å². The van der Waals surface area contributed by atoms with Crippen molar-refractivity contribution < 1.29 is 0 Å². The summed E-state index contributed by atoms with van der Waals surface area (Å²) in [6.45, 7) is 8.48. The molecule has 0 amide bonds. The molecular formula is C14H22N4S. The van der Waals surface area contributed by atoms with E-state index in [1.165, 1.54) is 5.56 Å². The normalized spacial score (nSPS) is 11.2. The smallest absolute Gasteiger partial charge is 0.205 e. The lowest BCUT2D eigenvalue weighted by molar-refractivity contribution is 0.640. The first kappa shape index (κ1) is 14.1. The van der Waals surface area contributed by atoms with Crippen LogP contribution < -0.4 is 5.32 Å². The number of rotatable bonds is 7. The lowest BCUT2D eigenvalue weighted by Crippen LogP contribution is -1.98. The minimum Gasteiger partial charge on any atom is -0.356 e. The minimum atomic E-state index is 0.629. The molecule has 5 heteroatoms. The fourth-order valence-corrected chi connectivity index (χ4v) is 2.87. The van der Waals surface area contributed by atoms with Crippen LogP contribution in [0.15, 0.2) is 18.5 Å². The molecule has 0 bridgehead atoms. The highest BCUT2D eigenvalue weighted by Crippen LogP contribution is 2.19. The lowest BCUT2D eigenvalue weighted by atomic mass is 10.1. The van der Waals surface area contributed by atoms with E-state index in [1.807, 2.05) is 0 Å². The van der Waals surface area contributed by atoms with Gasteiger partial charge in [0, 0.05) is 31.9 Å². The van der Waals surface area contributed by atoms with Crippen molar-refractivity contribution in [2.24, 2.45) is 5.92 Å². The Morgan fingerprint density at radius 2 is 2.21 bits per heavy atom. The Morgan fingerprint density at radius 1 is 1.37 bits per heavy atom. The van der Waals surface area contributed by atoms with Crippen molar-refractivity contribution in [2.45, 2.75) is 46.7 Å². The first-order chi connectivity index (χ1) is 9.17. The van der Waals surface area contributed by atoms with Gasteiger partial charge in [-0.05, 0) is 24.0 Å². The molecule has 0 aliphatic heterocycles. The average molecular weight is 278 g/mol. The summed E-state index contributed by atoms with van der Waals surface area (Å²) in [5, 5.41) is 13.8. The molecule has 0 fully saturated rings. The Balaban J connectivity index is 1.85. The third kappa shape index (κ3) is 4.35. The van der Waals surface area contributed by atoms with Gasteiger partial charge in [0.1, 0.15) is 5.01 Å². The van der Waals surface area contributed by atoms with Gasteiger partial charge in [-0.3, -0.25) is 0 Å². The van der Waals surface area contributed by atoms with E-state index in [2.05, 4.69) is 59.3 Å². The number of nitrogens with one attached hydrogen (secondary N) is 1. The van der Waals surface area contributed by atoms with E-state index in [0.717, 1.165) is 36.1 Å². The molecule has 0 unspecified atom stereocenters. The summed E-state index contributed by atoms with van der Waals surface area (Å²) in [4.78, 5) is 0. The summed E-state index contributed by atoms with van der Waals surface area (Å²) >= 11 is 1.66. The van der Waals surface area contributed by atoms with Crippen LogP contribution in [0.2, 0.25) is 0 Å². The van der Waals surface area contributed by atoms with Crippen LogP contribution in [0.1, 0.15) is 37.8 Å². The third-order valence-corrected chi connectivity index (χ3v) is 3.69. The number of anilines is 1. The average Bonchev–Trinajstić information content (AvgIpc) is 2.96. The van der Waals surface area contributed by atoms with Gasteiger partial charge >= 0.3 is 0 Å². The molecule has 2 aromatic rings. The molecule has 104 valence electrons.